The van der Waals surface area contributed by atoms with Crippen LogP contribution in [0, 0.1) is 11.3 Å². The van der Waals surface area contributed by atoms with E-state index in [-0.39, 0.29) is 24.7 Å². The molecule has 4 amide bonds. The lowest BCUT2D eigenvalue weighted by molar-refractivity contribution is -0.134. The first-order valence-corrected chi connectivity index (χ1v) is 13.7. The zero-order valence-corrected chi connectivity index (χ0v) is 23.6. The van der Waals surface area contributed by atoms with Crippen LogP contribution in [-0.4, -0.2) is 66.8 Å². The van der Waals surface area contributed by atoms with Gasteiger partial charge >= 0.3 is 0 Å². The van der Waals surface area contributed by atoms with Gasteiger partial charge in [0, 0.05) is 6.54 Å². The fourth-order valence-electron chi connectivity index (χ4n) is 4.06. The molecule has 0 spiro atoms. The molecule has 0 bridgehead atoms. The first-order valence-electron chi connectivity index (χ1n) is 13.7. The maximum atomic E-state index is 13.3. The van der Waals surface area contributed by atoms with Crippen LogP contribution in [0.3, 0.4) is 0 Å². The highest BCUT2D eigenvalue weighted by Gasteiger charge is 2.30. The summed E-state index contributed by atoms with van der Waals surface area (Å²) in [6, 6.07) is 5.61. The molecule has 0 aliphatic carbocycles. The van der Waals surface area contributed by atoms with Crippen molar-refractivity contribution >= 4 is 29.6 Å². The zero-order valence-electron chi connectivity index (χ0n) is 23.6. The number of amides is 4. The molecule has 0 saturated heterocycles. The minimum absolute atomic E-state index is 0.0637. The maximum Gasteiger partial charge on any atom is 0.243 e. The molecule has 0 heterocycles. The topological polar surface area (TPSA) is 244 Å². The molecule has 1 aromatic carbocycles. The predicted octanol–water partition coefficient (Wildman–Crippen LogP) is -1.07. The van der Waals surface area contributed by atoms with Crippen molar-refractivity contribution in [1.82, 2.24) is 21.3 Å². The number of rotatable bonds is 19. The Morgan fingerprint density at radius 2 is 1.40 bits per heavy atom. The SMILES string of the molecule is CC(C)C[C@H](NC(=O)[C@@H](N)Cc1ccccc1)C(=O)N[C@@H](CCCCN)C(=O)N[C@H](CCCNC(=N)N)C(N)=O. The number of nitrogens with one attached hydrogen (secondary N) is 5. The Balaban J connectivity index is 2.93. The van der Waals surface area contributed by atoms with E-state index in [2.05, 4.69) is 21.3 Å². The van der Waals surface area contributed by atoms with Crippen LogP contribution in [0.4, 0.5) is 0 Å². The van der Waals surface area contributed by atoms with Crippen molar-refractivity contribution in [3.05, 3.63) is 35.9 Å². The smallest absolute Gasteiger partial charge is 0.243 e. The van der Waals surface area contributed by atoms with Crippen LogP contribution >= 0.6 is 0 Å². The molecule has 1 rings (SSSR count). The van der Waals surface area contributed by atoms with Gasteiger partial charge in [-0.3, -0.25) is 24.6 Å². The predicted molar refractivity (Wildman–Crippen MR) is 155 cm³/mol. The van der Waals surface area contributed by atoms with Gasteiger partial charge in [0.05, 0.1) is 6.04 Å². The Hall–Kier alpha value is -3.71. The Morgan fingerprint density at radius 3 is 1.98 bits per heavy atom. The van der Waals surface area contributed by atoms with Crippen molar-refractivity contribution in [3.63, 3.8) is 0 Å². The highest BCUT2D eigenvalue weighted by atomic mass is 16.2. The van der Waals surface area contributed by atoms with Crippen molar-refractivity contribution in [2.24, 2.45) is 28.9 Å². The summed E-state index contributed by atoms with van der Waals surface area (Å²) >= 11 is 0. The Kier molecular flexibility index (Phi) is 15.9. The number of primary amides is 1. The van der Waals surface area contributed by atoms with Gasteiger partial charge in [-0.1, -0.05) is 44.2 Å². The van der Waals surface area contributed by atoms with E-state index >= 15 is 0 Å². The average molecular weight is 562 g/mol. The molecule has 224 valence electrons. The van der Waals surface area contributed by atoms with Crippen molar-refractivity contribution in [1.29, 1.82) is 5.41 Å². The Labute approximate surface area is 236 Å². The lowest BCUT2D eigenvalue weighted by Crippen LogP contribution is -2.57. The van der Waals surface area contributed by atoms with Crippen molar-refractivity contribution in [3.8, 4) is 0 Å². The molecule has 0 aromatic heterocycles. The normalized spacial score (nSPS) is 13.9. The van der Waals surface area contributed by atoms with Gasteiger partial charge in [-0.15, -0.1) is 0 Å². The van der Waals surface area contributed by atoms with Crippen LogP contribution in [0.5, 0.6) is 0 Å². The third kappa shape index (κ3) is 13.9. The number of hydrogen-bond donors (Lipinski definition) is 9. The number of carbonyl (C=O) groups excluding carboxylic acids is 4. The van der Waals surface area contributed by atoms with Gasteiger partial charge in [0.1, 0.15) is 18.1 Å². The molecule has 0 saturated carbocycles. The average Bonchev–Trinajstić information content (AvgIpc) is 2.89. The van der Waals surface area contributed by atoms with Gasteiger partial charge in [0.2, 0.25) is 23.6 Å². The van der Waals surface area contributed by atoms with E-state index in [0.717, 1.165) is 5.56 Å². The molecule has 1 aromatic rings. The summed E-state index contributed by atoms with van der Waals surface area (Å²) in [6.07, 6.45) is 2.75. The van der Waals surface area contributed by atoms with Crippen molar-refractivity contribution in [2.45, 2.75) is 83.0 Å². The Morgan fingerprint density at radius 1 is 0.825 bits per heavy atom. The summed E-state index contributed by atoms with van der Waals surface area (Å²) in [7, 11) is 0. The van der Waals surface area contributed by atoms with E-state index in [1.165, 1.54) is 0 Å². The number of hydrogen-bond acceptors (Lipinski definition) is 7. The summed E-state index contributed by atoms with van der Waals surface area (Å²) in [5, 5.41) is 17.9. The number of nitrogens with two attached hydrogens (primary N) is 4. The number of unbranched alkanes of at least 4 members (excludes halogenated alkanes) is 1. The largest absolute Gasteiger partial charge is 0.370 e. The van der Waals surface area contributed by atoms with Gasteiger partial charge in [-0.05, 0) is 63.0 Å². The van der Waals surface area contributed by atoms with Crippen molar-refractivity contribution in [2.75, 3.05) is 13.1 Å². The van der Waals surface area contributed by atoms with Gasteiger partial charge in [-0.25, -0.2) is 0 Å². The molecule has 13 N–H and O–H groups in total. The summed E-state index contributed by atoms with van der Waals surface area (Å²) in [5.41, 5.74) is 23.4. The van der Waals surface area contributed by atoms with Gasteiger partial charge in [0.25, 0.3) is 0 Å². The molecule has 0 radical (unpaired) electrons. The zero-order chi connectivity index (χ0) is 30.1. The minimum Gasteiger partial charge on any atom is -0.370 e. The summed E-state index contributed by atoms with van der Waals surface area (Å²) < 4.78 is 0. The lowest BCUT2D eigenvalue weighted by atomic mass is 10.0. The fourth-order valence-corrected chi connectivity index (χ4v) is 4.06. The maximum absolute atomic E-state index is 13.3. The van der Waals surface area contributed by atoms with E-state index in [1.807, 2.05) is 44.2 Å². The van der Waals surface area contributed by atoms with E-state index in [9.17, 15) is 19.2 Å². The number of carbonyl (C=O) groups is 4. The summed E-state index contributed by atoms with van der Waals surface area (Å²) in [6.45, 7) is 4.58. The van der Waals surface area contributed by atoms with Gasteiger partial charge in [0.15, 0.2) is 5.96 Å². The molecule has 13 heteroatoms. The molecule has 40 heavy (non-hydrogen) atoms. The van der Waals surface area contributed by atoms with E-state index in [0.29, 0.717) is 45.2 Å². The molecule has 0 aliphatic heterocycles. The molecule has 4 atom stereocenters. The first-order chi connectivity index (χ1) is 18.9. The number of benzene rings is 1. The Bertz CT molecular complexity index is 959. The van der Waals surface area contributed by atoms with E-state index < -0.39 is 47.8 Å². The third-order valence-electron chi connectivity index (χ3n) is 6.20. The van der Waals surface area contributed by atoms with E-state index in [1.54, 1.807) is 0 Å². The molecule has 0 fully saturated rings. The molecule has 0 unspecified atom stereocenters. The van der Waals surface area contributed by atoms with Crippen LogP contribution < -0.4 is 44.2 Å². The van der Waals surface area contributed by atoms with E-state index in [4.69, 9.17) is 28.3 Å². The second-order valence-electron chi connectivity index (χ2n) is 10.3. The first kappa shape index (κ1) is 34.3. The monoisotopic (exact) mass is 561 g/mol. The fraction of sp³-hybridized carbons (Fsp3) is 0.593. The van der Waals surface area contributed by atoms with Crippen molar-refractivity contribution < 1.29 is 19.2 Å². The highest BCUT2D eigenvalue weighted by Crippen LogP contribution is 2.09. The molecule has 0 aliphatic rings. The third-order valence-corrected chi connectivity index (χ3v) is 6.20. The van der Waals surface area contributed by atoms with Crippen LogP contribution in [0.15, 0.2) is 30.3 Å². The number of guanidine groups is 1. The minimum atomic E-state index is -0.975. The van der Waals surface area contributed by atoms with Crippen LogP contribution in [-0.2, 0) is 25.6 Å². The second-order valence-corrected chi connectivity index (χ2v) is 10.3. The second kappa shape index (κ2) is 18.6. The van der Waals surface area contributed by atoms with Crippen LogP contribution in [0.2, 0.25) is 0 Å². The van der Waals surface area contributed by atoms with Gasteiger partial charge in [-0.2, -0.15) is 0 Å². The molecular weight excluding hydrogens is 514 g/mol. The van der Waals surface area contributed by atoms with Crippen LogP contribution in [0.1, 0.15) is 57.9 Å². The summed E-state index contributed by atoms with van der Waals surface area (Å²) in [5.74, 6) is -2.42. The lowest BCUT2D eigenvalue weighted by Gasteiger charge is -2.26. The summed E-state index contributed by atoms with van der Waals surface area (Å²) in [4.78, 5) is 51.3. The quantitative estimate of drug-likeness (QED) is 0.0570. The standard InChI is InChI=1S/C27H47N9O4/c1-17(2)15-22(36-24(38)19(29)16-18-9-4-3-5-10-18)26(40)35-21(11-6-7-13-28)25(39)34-20(23(30)37)12-8-14-33-27(31)32/h3-5,9-10,17,19-22H,6-8,11-16,28-29H2,1-2H3,(H2,30,37)(H,34,39)(H,35,40)(H,36,38)(H4,31,32,33)/t19-,20+,21-,22-/m0/s1. The van der Waals surface area contributed by atoms with Gasteiger partial charge < -0.3 is 44.2 Å². The molecule has 13 nitrogen and oxygen atoms in total. The van der Waals surface area contributed by atoms with Crippen LogP contribution in [0.25, 0.3) is 0 Å². The highest BCUT2D eigenvalue weighted by molar-refractivity contribution is 5.94. The molecular formula is C27H47N9O4.